The van der Waals surface area contributed by atoms with Gasteiger partial charge in [-0.3, -0.25) is 14.3 Å². The van der Waals surface area contributed by atoms with Crippen LogP contribution >= 0.6 is 0 Å². The van der Waals surface area contributed by atoms with Crippen LogP contribution in [0.15, 0.2) is 21.9 Å². The first-order valence-electron chi connectivity index (χ1n) is 8.90. The maximum atomic E-state index is 12.2. The average molecular weight is 402 g/mol. The third-order valence-electron chi connectivity index (χ3n) is 3.84. The SMILES string of the molecule is CC(C)OC(OC(C)C)C(=O)OC[C@H]1O[C@@H](n2ccc(=O)[nH]c2=O)[C@H](O)[C@@H]1O. The van der Waals surface area contributed by atoms with Crippen molar-refractivity contribution in [1.82, 2.24) is 9.55 Å². The number of nitrogens with one attached hydrogen (secondary N) is 1. The smallest absolute Gasteiger partial charge is 0.363 e. The van der Waals surface area contributed by atoms with Crippen LogP contribution in [0.1, 0.15) is 33.9 Å². The molecule has 1 aliphatic heterocycles. The molecule has 1 aromatic heterocycles. The second kappa shape index (κ2) is 9.43. The van der Waals surface area contributed by atoms with Gasteiger partial charge in [0.15, 0.2) is 6.23 Å². The van der Waals surface area contributed by atoms with E-state index in [1.54, 1.807) is 27.7 Å². The molecule has 0 amide bonds. The van der Waals surface area contributed by atoms with Crippen LogP contribution in [0.2, 0.25) is 0 Å². The van der Waals surface area contributed by atoms with Crippen molar-refractivity contribution in [3.8, 4) is 0 Å². The van der Waals surface area contributed by atoms with Gasteiger partial charge in [-0.2, -0.15) is 0 Å². The molecule has 0 bridgehead atoms. The fraction of sp³-hybridized carbons (Fsp3) is 0.706. The Morgan fingerprint density at radius 3 is 2.32 bits per heavy atom. The van der Waals surface area contributed by atoms with Crippen molar-refractivity contribution in [3.63, 3.8) is 0 Å². The highest BCUT2D eigenvalue weighted by Gasteiger charge is 2.45. The lowest BCUT2D eigenvalue weighted by Crippen LogP contribution is -2.39. The van der Waals surface area contributed by atoms with Crippen LogP contribution in [0.5, 0.6) is 0 Å². The van der Waals surface area contributed by atoms with Gasteiger partial charge >= 0.3 is 11.7 Å². The molecule has 0 aromatic carbocycles. The Morgan fingerprint density at radius 2 is 1.79 bits per heavy atom. The molecule has 1 aliphatic rings. The van der Waals surface area contributed by atoms with Gasteiger partial charge in [-0.25, -0.2) is 9.59 Å². The molecule has 0 radical (unpaired) electrons. The Bertz CT molecular complexity index is 762. The maximum absolute atomic E-state index is 12.2. The number of aromatic nitrogens is 2. The summed E-state index contributed by atoms with van der Waals surface area (Å²) in [4.78, 5) is 37.3. The highest BCUT2D eigenvalue weighted by Crippen LogP contribution is 2.28. The van der Waals surface area contributed by atoms with Gasteiger partial charge in [0.1, 0.15) is 24.9 Å². The summed E-state index contributed by atoms with van der Waals surface area (Å²) in [6.07, 6.45) is -5.93. The van der Waals surface area contributed by atoms with E-state index in [1.165, 1.54) is 0 Å². The zero-order chi connectivity index (χ0) is 21.0. The third-order valence-corrected chi connectivity index (χ3v) is 3.84. The summed E-state index contributed by atoms with van der Waals surface area (Å²) in [5, 5.41) is 20.3. The van der Waals surface area contributed by atoms with Gasteiger partial charge in [0, 0.05) is 12.3 Å². The van der Waals surface area contributed by atoms with Gasteiger partial charge in [0.25, 0.3) is 11.8 Å². The Balaban J connectivity index is 2.03. The fourth-order valence-corrected chi connectivity index (χ4v) is 2.59. The number of carbonyl (C=O) groups is 1. The number of hydrogen-bond acceptors (Lipinski definition) is 9. The number of aromatic amines is 1. The number of carbonyl (C=O) groups excluding carboxylic acids is 1. The summed E-state index contributed by atoms with van der Waals surface area (Å²) in [7, 11) is 0. The molecule has 1 aromatic rings. The van der Waals surface area contributed by atoms with Crippen molar-refractivity contribution in [2.45, 2.75) is 70.7 Å². The predicted octanol–water partition coefficient (Wildman–Crippen LogP) is -1.12. The highest BCUT2D eigenvalue weighted by molar-refractivity contribution is 5.73. The van der Waals surface area contributed by atoms with Crippen molar-refractivity contribution >= 4 is 5.97 Å². The first kappa shape index (κ1) is 22.2. The molecule has 158 valence electrons. The second-order valence-corrected chi connectivity index (χ2v) is 6.90. The van der Waals surface area contributed by atoms with Crippen LogP contribution in [0.25, 0.3) is 0 Å². The number of nitrogens with zero attached hydrogens (tertiary/aromatic N) is 1. The molecule has 28 heavy (non-hydrogen) atoms. The Kier molecular flexibility index (Phi) is 7.49. The van der Waals surface area contributed by atoms with E-state index in [-0.39, 0.29) is 12.2 Å². The fourth-order valence-electron chi connectivity index (χ4n) is 2.59. The van der Waals surface area contributed by atoms with Crippen molar-refractivity contribution in [3.05, 3.63) is 33.1 Å². The van der Waals surface area contributed by atoms with Crippen LogP contribution in [0.4, 0.5) is 0 Å². The standard InChI is InChI=1S/C17H26N2O9/c1-8(2)26-16(27-9(3)4)15(23)25-7-10-12(21)13(22)14(28-10)19-6-5-11(20)18-17(19)24/h5-6,8-10,12-14,16,21-22H,7H2,1-4H3,(H,18,20,24)/t10-,12-,13-,14-/m1/s1. The zero-order valence-electron chi connectivity index (χ0n) is 16.1. The molecule has 1 fully saturated rings. The van der Waals surface area contributed by atoms with E-state index in [0.29, 0.717) is 0 Å². The molecular formula is C17H26N2O9. The average Bonchev–Trinajstić information content (AvgIpc) is 2.86. The van der Waals surface area contributed by atoms with E-state index in [1.807, 2.05) is 4.98 Å². The largest absolute Gasteiger partial charge is 0.459 e. The molecule has 2 rings (SSSR count). The number of aliphatic hydroxyl groups is 2. The van der Waals surface area contributed by atoms with E-state index < -0.39 is 54.7 Å². The van der Waals surface area contributed by atoms with Crippen LogP contribution in [-0.4, -0.2) is 69.2 Å². The lowest BCUT2D eigenvalue weighted by Gasteiger charge is -2.22. The summed E-state index contributed by atoms with van der Waals surface area (Å²) in [5.74, 6) is -0.808. The molecule has 11 nitrogen and oxygen atoms in total. The molecule has 1 saturated heterocycles. The van der Waals surface area contributed by atoms with E-state index in [2.05, 4.69) is 0 Å². The summed E-state index contributed by atoms with van der Waals surface area (Å²) >= 11 is 0. The zero-order valence-corrected chi connectivity index (χ0v) is 16.1. The molecule has 0 spiro atoms. The lowest BCUT2D eigenvalue weighted by molar-refractivity contribution is -0.214. The van der Waals surface area contributed by atoms with Gasteiger partial charge in [-0.1, -0.05) is 0 Å². The Hall–Kier alpha value is -2.05. The van der Waals surface area contributed by atoms with Crippen molar-refractivity contribution in [2.24, 2.45) is 0 Å². The molecule has 3 N–H and O–H groups in total. The molecule has 4 atom stereocenters. The van der Waals surface area contributed by atoms with Gasteiger partial charge in [0.2, 0.25) is 0 Å². The highest BCUT2D eigenvalue weighted by atomic mass is 16.7. The molecule has 0 saturated carbocycles. The summed E-state index contributed by atoms with van der Waals surface area (Å²) in [5.41, 5.74) is -1.42. The number of hydrogen-bond donors (Lipinski definition) is 3. The minimum atomic E-state index is -1.47. The number of ether oxygens (including phenoxy) is 4. The molecule has 0 unspecified atom stereocenters. The second-order valence-electron chi connectivity index (χ2n) is 6.90. The topological polar surface area (TPSA) is 149 Å². The molecule has 0 aliphatic carbocycles. The molecule has 11 heteroatoms. The normalized spacial score (nSPS) is 25.0. The quantitative estimate of drug-likeness (QED) is 0.363. The van der Waals surface area contributed by atoms with Crippen LogP contribution in [0, 0.1) is 0 Å². The van der Waals surface area contributed by atoms with Crippen LogP contribution < -0.4 is 11.2 Å². The van der Waals surface area contributed by atoms with Crippen LogP contribution in [0.3, 0.4) is 0 Å². The first-order valence-corrected chi connectivity index (χ1v) is 8.90. The minimum Gasteiger partial charge on any atom is -0.459 e. The summed E-state index contributed by atoms with van der Waals surface area (Å²) in [6, 6.07) is 1.08. The predicted molar refractivity (Wildman–Crippen MR) is 94.4 cm³/mol. The van der Waals surface area contributed by atoms with Crippen LogP contribution in [-0.2, 0) is 23.7 Å². The van der Waals surface area contributed by atoms with Crippen molar-refractivity contribution in [1.29, 1.82) is 0 Å². The Morgan fingerprint density at radius 1 is 1.18 bits per heavy atom. The van der Waals surface area contributed by atoms with E-state index >= 15 is 0 Å². The summed E-state index contributed by atoms with van der Waals surface area (Å²) in [6.45, 7) is 6.53. The lowest BCUT2D eigenvalue weighted by atomic mass is 10.1. The number of esters is 1. The number of rotatable bonds is 8. The van der Waals surface area contributed by atoms with E-state index in [0.717, 1.165) is 16.8 Å². The maximum Gasteiger partial charge on any atom is 0.363 e. The molecular weight excluding hydrogens is 376 g/mol. The third kappa shape index (κ3) is 5.49. The minimum absolute atomic E-state index is 0.289. The van der Waals surface area contributed by atoms with Crippen molar-refractivity contribution < 1.29 is 34.0 Å². The monoisotopic (exact) mass is 402 g/mol. The molecule has 2 heterocycles. The van der Waals surface area contributed by atoms with E-state index in [4.69, 9.17) is 18.9 Å². The van der Waals surface area contributed by atoms with Gasteiger partial charge in [0.05, 0.1) is 12.2 Å². The Labute approximate surface area is 160 Å². The summed E-state index contributed by atoms with van der Waals surface area (Å²) < 4.78 is 22.3. The van der Waals surface area contributed by atoms with E-state index in [9.17, 15) is 24.6 Å². The number of H-pyrrole nitrogens is 1. The van der Waals surface area contributed by atoms with Gasteiger partial charge < -0.3 is 29.2 Å². The van der Waals surface area contributed by atoms with Gasteiger partial charge in [-0.15, -0.1) is 0 Å². The van der Waals surface area contributed by atoms with Gasteiger partial charge in [-0.05, 0) is 27.7 Å². The number of aliphatic hydroxyl groups excluding tert-OH is 2. The first-order chi connectivity index (χ1) is 13.1. The van der Waals surface area contributed by atoms with Crippen molar-refractivity contribution in [2.75, 3.05) is 6.61 Å².